The molecule has 65 heavy (non-hydrogen) atoms. The smallest absolute Gasteiger partial charge is 0.417 e. The van der Waals surface area contributed by atoms with E-state index in [4.69, 9.17) is 10.5 Å². The van der Waals surface area contributed by atoms with Crippen LogP contribution in [0.5, 0.6) is 0 Å². The molecule has 0 amide bonds. The number of nitrogens with one attached hydrogen (secondary N) is 2. The average molecular weight is 924 g/mol. The summed E-state index contributed by atoms with van der Waals surface area (Å²) in [5.74, 6) is -0.914. The van der Waals surface area contributed by atoms with Crippen molar-refractivity contribution in [2.45, 2.75) is 189 Å². The van der Waals surface area contributed by atoms with Gasteiger partial charge in [-0.1, -0.05) is 134 Å². The average Bonchev–Trinajstić information content (AvgIpc) is 4.17. The molecule has 2 aromatic carbocycles. The molecule has 15 heteroatoms. The Hall–Kier alpha value is -4.44. The lowest BCUT2D eigenvalue weighted by atomic mass is 10.1. The summed E-state index contributed by atoms with van der Waals surface area (Å²) in [7, 11) is -4.49. The Balaban J connectivity index is 0.000000242. The predicted molar refractivity (Wildman–Crippen MR) is 250 cm³/mol. The molecule has 0 radical (unpaired) electrons. The summed E-state index contributed by atoms with van der Waals surface area (Å²) in [4.78, 5) is 12.6. The van der Waals surface area contributed by atoms with Gasteiger partial charge in [-0.3, -0.25) is 10.6 Å². The van der Waals surface area contributed by atoms with E-state index < -0.39 is 43.7 Å². The van der Waals surface area contributed by atoms with Gasteiger partial charge in [0.15, 0.2) is 9.84 Å². The lowest BCUT2D eigenvalue weighted by Crippen LogP contribution is -2.37. The molecule has 3 fully saturated rings. The van der Waals surface area contributed by atoms with E-state index >= 15 is 0 Å². The zero-order valence-electron chi connectivity index (χ0n) is 38.8. The Kier molecular flexibility index (Phi) is 21.3. The van der Waals surface area contributed by atoms with Gasteiger partial charge in [0.25, 0.3) is 0 Å². The number of unbranched alkanes of at least 4 members (excludes halogenated alkanes) is 14. The summed E-state index contributed by atoms with van der Waals surface area (Å²) in [5, 5.41) is 37.3. The van der Waals surface area contributed by atoms with Crippen LogP contribution < -0.4 is 15.5 Å². The molecule has 6 rings (SSSR count). The Morgan fingerprint density at radius 1 is 0.769 bits per heavy atom. The van der Waals surface area contributed by atoms with E-state index in [2.05, 4.69) is 41.7 Å². The van der Waals surface area contributed by atoms with Crippen molar-refractivity contribution in [3.8, 4) is 17.8 Å². The number of aryl methyl sites for hydroxylation is 1. The lowest BCUT2D eigenvalue weighted by molar-refractivity contribution is -0.140. The van der Waals surface area contributed by atoms with Crippen molar-refractivity contribution in [2.24, 2.45) is 0 Å². The summed E-state index contributed by atoms with van der Waals surface area (Å²) in [5.41, 5.74) is -0.270. The Bertz CT molecular complexity index is 2040. The van der Waals surface area contributed by atoms with E-state index in [1.807, 2.05) is 0 Å². The van der Waals surface area contributed by atoms with Crippen LogP contribution in [0.2, 0.25) is 0 Å². The number of benzene rings is 2. The fraction of sp³-hybridized carbons (Fsp3) is 0.640. The molecule has 2 atom stereocenters. The number of nitrogens with zero attached hydrogens (tertiary/aromatic N) is 5. The fourth-order valence-electron chi connectivity index (χ4n) is 8.17. The molecule has 1 aromatic heterocycles. The monoisotopic (exact) mass is 924 g/mol. The summed E-state index contributed by atoms with van der Waals surface area (Å²) in [6.45, 7) is 8.00. The van der Waals surface area contributed by atoms with Crippen LogP contribution in [0.15, 0.2) is 65.6 Å². The van der Waals surface area contributed by atoms with Crippen LogP contribution in [0.4, 0.5) is 19.0 Å². The largest absolute Gasteiger partial charge is 0.480 e. The molecule has 2 saturated carbocycles. The normalized spacial score (nSPS) is 18.1. The molecule has 11 nitrogen and oxygen atoms in total. The van der Waals surface area contributed by atoms with Gasteiger partial charge in [-0.25, -0.2) is 17.9 Å². The van der Waals surface area contributed by atoms with E-state index in [-0.39, 0.29) is 24.0 Å². The molecule has 2 aliphatic carbocycles. The summed E-state index contributed by atoms with van der Waals surface area (Å²) in [6.07, 6.45) is 20.7. The Morgan fingerprint density at radius 3 is 1.68 bits per heavy atom. The molecule has 0 unspecified atom stereocenters. The second kappa shape index (κ2) is 26.0. The first-order valence-corrected chi connectivity index (χ1v) is 25.5. The summed E-state index contributed by atoms with van der Waals surface area (Å²) in [6, 6.07) is 17.9. The van der Waals surface area contributed by atoms with Gasteiger partial charge in [0.2, 0.25) is 0 Å². The number of carboxylic acids is 1. The number of anilines is 1. The number of rotatable bonds is 25. The van der Waals surface area contributed by atoms with Gasteiger partial charge >= 0.3 is 12.1 Å². The molecule has 2 heterocycles. The first-order chi connectivity index (χ1) is 31.2. The summed E-state index contributed by atoms with van der Waals surface area (Å²) >= 11 is 0. The highest BCUT2D eigenvalue weighted by atomic mass is 32.2. The highest BCUT2D eigenvalue weighted by Gasteiger charge is 2.47. The van der Waals surface area contributed by atoms with Gasteiger partial charge in [0.05, 0.1) is 39.2 Å². The van der Waals surface area contributed by atoms with Crippen molar-refractivity contribution < 1.29 is 31.5 Å². The van der Waals surface area contributed by atoms with Gasteiger partial charge in [-0.05, 0) is 89.2 Å². The number of aliphatic carboxylic acids is 1. The molecule has 358 valence electrons. The zero-order chi connectivity index (χ0) is 47.4. The third-order valence-electron chi connectivity index (χ3n) is 12.5. The van der Waals surface area contributed by atoms with Gasteiger partial charge in [-0.2, -0.15) is 28.8 Å². The van der Waals surface area contributed by atoms with Crippen LogP contribution in [-0.2, 0) is 20.8 Å². The van der Waals surface area contributed by atoms with Crippen LogP contribution in [0, 0.1) is 29.6 Å². The minimum Gasteiger partial charge on any atom is -0.480 e. The van der Waals surface area contributed by atoms with E-state index in [0.29, 0.717) is 23.3 Å². The number of sulfone groups is 1. The minimum absolute atomic E-state index is 0.110. The number of hydrogen-bond donors (Lipinski definition) is 3. The summed E-state index contributed by atoms with van der Waals surface area (Å²) < 4.78 is 68.5. The van der Waals surface area contributed by atoms with Gasteiger partial charge in [0.1, 0.15) is 22.9 Å². The van der Waals surface area contributed by atoms with Crippen molar-refractivity contribution in [1.29, 1.82) is 10.5 Å². The van der Waals surface area contributed by atoms with E-state index in [0.717, 1.165) is 50.9 Å². The second-order valence-corrected chi connectivity index (χ2v) is 20.2. The highest BCUT2D eigenvalue weighted by Crippen LogP contribution is 2.39. The van der Waals surface area contributed by atoms with E-state index in [1.54, 1.807) is 43.3 Å². The number of aromatic nitrogens is 2. The number of carbonyl (C=O) groups is 1. The predicted octanol–water partition coefficient (Wildman–Crippen LogP) is 11.3. The van der Waals surface area contributed by atoms with Crippen molar-refractivity contribution in [1.82, 2.24) is 20.4 Å². The first kappa shape index (κ1) is 53.2. The highest BCUT2D eigenvalue weighted by molar-refractivity contribution is 7.92. The molecule has 3 N–H and O–H groups in total. The van der Waals surface area contributed by atoms with Crippen molar-refractivity contribution >= 4 is 21.6 Å². The third-order valence-corrected chi connectivity index (χ3v) is 14.7. The van der Waals surface area contributed by atoms with Crippen molar-refractivity contribution in [3.63, 3.8) is 0 Å². The van der Waals surface area contributed by atoms with Gasteiger partial charge in [0, 0.05) is 12.6 Å². The van der Waals surface area contributed by atoms with Crippen LogP contribution >= 0.6 is 0 Å². The topological polar surface area (TPSA) is 164 Å². The number of halogens is 3. The molecule has 0 bridgehead atoms. The number of nitriles is 2. The zero-order valence-corrected chi connectivity index (χ0v) is 39.7. The maximum absolute atomic E-state index is 13.5. The van der Waals surface area contributed by atoms with Crippen LogP contribution in [0.3, 0.4) is 0 Å². The van der Waals surface area contributed by atoms with Crippen LogP contribution in [0.1, 0.15) is 160 Å². The standard InChI is InChI=1S/C22H20F3N3O4S.2C14H26N2/c1-14-11-20(28(26-14)15-7-3-2-4-8-15)27-13-16(12-18(27)21(29)30)33(31,32)19-10-6-5-9-17(19)22(23,24)25;2*1-2-3-4-5-6-7-8-9-12-16-14(13-15)10-11-14/h2-11,16,18H,12-13H2,1H3,(H,29,30);2*16H,2-12H2,1H3/t16-,18+;;/m1../s1. The van der Waals surface area contributed by atoms with Crippen molar-refractivity contribution in [2.75, 3.05) is 24.5 Å². The fourth-order valence-corrected chi connectivity index (χ4v) is 10.1. The Morgan fingerprint density at radius 2 is 1.23 bits per heavy atom. The first-order valence-electron chi connectivity index (χ1n) is 24.0. The quantitative estimate of drug-likeness (QED) is 0.0697. The van der Waals surface area contributed by atoms with Crippen LogP contribution in [-0.4, -0.2) is 71.3 Å². The third kappa shape index (κ3) is 16.7. The number of carboxylic acid groups (broad SMARTS) is 1. The molecule has 1 saturated heterocycles. The van der Waals surface area contributed by atoms with E-state index in [9.17, 15) is 31.5 Å². The van der Waals surface area contributed by atoms with Gasteiger partial charge < -0.3 is 10.0 Å². The molecule has 0 spiro atoms. The maximum atomic E-state index is 13.5. The molecule has 3 aromatic rings. The maximum Gasteiger partial charge on any atom is 0.417 e. The number of alkyl halides is 3. The van der Waals surface area contributed by atoms with Crippen molar-refractivity contribution in [3.05, 3.63) is 71.9 Å². The molecular formula is C50H72F3N7O4S. The molecule has 3 aliphatic rings. The Labute approximate surface area is 386 Å². The SMILES string of the molecule is CCCCCCCCCCNC1(C#N)CC1.CCCCCCCCCCNC1(C#N)CC1.Cc1cc(N2C[C@H](S(=O)(=O)c3ccccc3C(F)(F)F)C[C@H]2C(=O)O)n(-c2ccccc2)n1. The van der Waals surface area contributed by atoms with Gasteiger partial charge in [-0.15, -0.1) is 0 Å². The number of hydrogen-bond acceptors (Lipinski definition) is 9. The van der Waals surface area contributed by atoms with E-state index in [1.165, 1.54) is 118 Å². The molecule has 1 aliphatic heterocycles. The lowest BCUT2D eigenvalue weighted by Gasteiger charge is -2.24. The second-order valence-electron chi connectivity index (χ2n) is 18.0. The minimum atomic E-state index is -4.86. The molecular weight excluding hydrogens is 852 g/mol. The van der Waals surface area contributed by atoms with Crippen LogP contribution in [0.25, 0.3) is 5.69 Å². The number of para-hydroxylation sites is 1.